The Labute approximate surface area is 254 Å². The van der Waals surface area contributed by atoms with Crippen LogP contribution < -0.4 is 19.6 Å². The molecule has 5 aromatic rings. The van der Waals surface area contributed by atoms with Crippen LogP contribution in [-0.4, -0.2) is 36.8 Å². The van der Waals surface area contributed by atoms with Crippen LogP contribution in [0.4, 0.5) is 0 Å². The summed E-state index contributed by atoms with van der Waals surface area (Å²) in [4.78, 5) is 29.4. The Morgan fingerprint density at radius 2 is 1.74 bits per heavy atom. The number of H-pyrrole nitrogens is 1. The Balaban J connectivity index is 1.38. The zero-order chi connectivity index (χ0) is 30.3. The fourth-order valence-corrected chi connectivity index (χ4v) is 4.98. The summed E-state index contributed by atoms with van der Waals surface area (Å²) in [5.41, 5.74) is 7.42. The van der Waals surface area contributed by atoms with Gasteiger partial charge in [0.1, 0.15) is 11.4 Å². The molecule has 0 saturated carbocycles. The number of halogens is 1. The molecule has 0 unspecified atom stereocenters. The quantitative estimate of drug-likeness (QED) is 0.0756. The second-order valence-corrected chi connectivity index (χ2v) is 9.91. The normalized spacial score (nSPS) is 11.1. The number of hydrogen-bond acceptors (Lipinski definition) is 6. The summed E-state index contributed by atoms with van der Waals surface area (Å²) in [5, 5.41) is 5.64. The highest BCUT2D eigenvalue weighted by Gasteiger charge is 2.22. The molecular weight excluding hydrogens is 566 g/mol. The average Bonchev–Trinajstić information content (AvgIpc) is 3.42. The Morgan fingerprint density at radius 1 is 0.953 bits per heavy atom. The van der Waals surface area contributed by atoms with Gasteiger partial charge in [0.15, 0.2) is 11.5 Å². The highest BCUT2D eigenvalue weighted by molar-refractivity contribution is 6.34. The van der Waals surface area contributed by atoms with Gasteiger partial charge in [-0.25, -0.2) is 10.2 Å². The summed E-state index contributed by atoms with van der Waals surface area (Å²) in [5.74, 6) is 0.315. The molecule has 1 amide bonds. The second kappa shape index (κ2) is 13.3. The molecule has 0 aliphatic rings. The Morgan fingerprint density at radius 3 is 2.47 bits per heavy atom. The number of amides is 1. The van der Waals surface area contributed by atoms with Gasteiger partial charge in [0.2, 0.25) is 0 Å². The van der Waals surface area contributed by atoms with Gasteiger partial charge in [-0.1, -0.05) is 54.9 Å². The largest absolute Gasteiger partial charge is 0.497 e. The fourth-order valence-electron chi connectivity index (χ4n) is 4.75. The predicted octanol–water partition coefficient (Wildman–Crippen LogP) is 7.44. The van der Waals surface area contributed by atoms with Gasteiger partial charge in [-0.05, 0) is 73.0 Å². The van der Waals surface area contributed by atoms with E-state index >= 15 is 0 Å². The van der Waals surface area contributed by atoms with Crippen LogP contribution in [0.25, 0.3) is 22.0 Å². The number of nitrogens with zero attached hydrogens (tertiary/aromatic N) is 1. The average molecular weight is 596 g/mol. The van der Waals surface area contributed by atoms with Crippen molar-refractivity contribution in [2.75, 3.05) is 13.7 Å². The first-order valence-corrected chi connectivity index (χ1v) is 14.2. The maximum atomic E-state index is 13.4. The number of esters is 1. The van der Waals surface area contributed by atoms with Crippen molar-refractivity contribution in [1.82, 2.24) is 10.4 Å². The van der Waals surface area contributed by atoms with Crippen molar-refractivity contribution in [2.24, 2.45) is 5.10 Å². The number of ether oxygens (including phenoxy) is 3. The first-order chi connectivity index (χ1) is 20.9. The minimum absolute atomic E-state index is 0.262. The first-order valence-electron chi connectivity index (χ1n) is 13.8. The molecule has 9 heteroatoms. The Hall–Kier alpha value is -5.08. The molecule has 8 nitrogen and oxygen atoms in total. The monoisotopic (exact) mass is 595 g/mol. The van der Waals surface area contributed by atoms with Gasteiger partial charge in [0.05, 0.1) is 25.5 Å². The van der Waals surface area contributed by atoms with E-state index in [9.17, 15) is 9.59 Å². The number of rotatable bonds is 10. The van der Waals surface area contributed by atoms with Crippen molar-refractivity contribution in [3.8, 4) is 28.4 Å². The minimum atomic E-state index is -0.531. The molecule has 0 aliphatic carbocycles. The standard InChI is InChI=1S/C34H30ClN3O5/c1-4-22-9-8-11-26-30(25-10-6-7-12-27(25)35)32(37-31(22)26)33(39)38-36-20-21-13-18-28(29(19-21)42-5-2)43-34(40)23-14-16-24(41-3)17-15-23/h6-20,37H,4-5H2,1-3H3,(H,38,39). The lowest BCUT2D eigenvalue weighted by atomic mass is 9.99. The third-order valence-electron chi connectivity index (χ3n) is 6.85. The first kappa shape index (κ1) is 29.4. The SMILES string of the molecule is CCOc1cc(C=NNC(=O)c2[nH]c3c(CC)cccc3c2-c2ccccc2Cl)ccc1OC(=O)c1ccc(OC)cc1. The summed E-state index contributed by atoms with van der Waals surface area (Å²) in [6.45, 7) is 4.25. The van der Waals surface area contributed by atoms with Gasteiger partial charge < -0.3 is 19.2 Å². The molecule has 0 spiro atoms. The molecular formula is C34H30ClN3O5. The molecule has 2 N–H and O–H groups in total. The molecule has 0 aliphatic heterocycles. The number of nitrogens with one attached hydrogen (secondary N) is 2. The summed E-state index contributed by atoms with van der Waals surface area (Å²) in [6.07, 6.45) is 2.29. The number of benzene rings is 4. The summed E-state index contributed by atoms with van der Waals surface area (Å²) in [7, 11) is 1.56. The van der Waals surface area contributed by atoms with Crippen molar-refractivity contribution < 1.29 is 23.8 Å². The van der Waals surface area contributed by atoms with Gasteiger partial charge in [-0.3, -0.25) is 4.79 Å². The van der Waals surface area contributed by atoms with Crippen molar-refractivity contribution in [2.45, 2.75) is 20.3 Å². The van der Waals surface area contributed by atoms with Crippen molar-refractivity contribution in [3.63, 3.8) is 0 Å². The maximum absolute atomic E-state index is 13.4. The molecule has 4 aromatic carbocycles. The highest BCUT2D eigenvalue weighted by Crippen LogP contribution is 2.38. The van der Waals surface area contributed by atoms with Crippen LogP contribution in [0.5, 0.6) is 17.2 Å². The van der Waals surface area contributed by atoms with E-state index in [4.69, 9.17) is 25.8 Å². The van der Waals surface area contributed by atoms with E-state index in [0.717, 1.165) is 28.5 Å². The van der Waals surface area contributed by atoms with Crippen LogP contribution in [0.2, 0.25) is 5.02 Å². The maximum Gasteiger partial charge on any atom is 0.343 e. The number of hydrogen-bond donors (Lipinski definition) is 2. The van der Waals surface area contributed by atoms with E-state index in [-0.39, 0.29) is 5.75 Å². The van der Waals surface area contributed by atoms with Gasteiger partial charge in [0.25, 0.3) is 5.91 Å². The summed E-state index contributed by atoms with van der Waals surface area (Å²) in [6, 6.07) is 25.0. The lowest BCUT2D eigenvalue weighted by Crippen LogP contribution is -2.19. The number of aryl methyl sites for hydroxylation is 1. The molecule has 1 aromatic heterocycles. The third kappa shape index (κ3) is 6.39. The van der Waals surface area contributed by atoms with E-state index in [1.54, 1.807) is 55.6 Å². The molecule has 1 heterocycles. The van der Waals surface area contributed by atoms with Gasteiger partial charge in [0, 0.05) is 27.1 Å². The molecule has 0 saturated heterocycles. The van der Waals surface area contributed by atoms with Crippen molar-refractivity contribution in [1.29, 1.82) is 0 Å². The van der Waals surface area contributed by atoms with E-state index in [0.29, 0.717) is 45.5 Å². The molecule has 0 radical (unpaired) electrons. The molecule has 0 fully saturated rings. The lowest BCUT2D eigenvalue weighted by Gasteiger charge is -2.11. The van der Waals surface area contributed by atoms with Crippen LogP contribution in [0, 0.1) is 0 Å². The lowest BCUT2D eigenvalue weighted by molar-refractivity contribution is 0.0728. The number of aromatic amines is 1. The fraction of sp³-hybridized carbons (Fsp3) is 0.147. The zero-order valence-electron chi connectivity index (χ0n) is 23.9. The van der Waals surface area contributed by atoms with Crippen LogP contribution in [0.15, 0.2) is 90.0 Å². The van der Waals surface area contributed by atoms with Gasteiger partial charge in [-0.2, -0.15) is 5.10 Å². The van der Waals surface area contributed by atoms with E-state index in [1.165, 1.54) is 6.21 Å². The highest BCUT2D eigenvalue weighted by atomic mass is 35.5. The van der Waals surface area contributed by atoms with Gasteiger partial charge in [-0.15, -0.1) is 0 Å². The van der Waals surface area contributed by atoms with Gasteiger partial charge >= 0.3 is 5.97 Å². The number of hydrazone groups is 1. The van der Waals surface area contributed by atoms with E-state index in [1.807, 2.05) is 43.3 Å². The number of methoxy groups -OCH3 is 1. The van der Waals surface area contributed by atoms with Crippen molar-refractivity contribution >= 4 is 40.6 Å². The molecule has 218 valence electrons. The van der Waals surface area contributed by atoms with Crippen LogP contribution >= 0.6 is 11.6 Å². The molecule has 5 rings (SSSR count). The van der Waals surface area contributed by atoms with E-state index in [2.05, 4.69) is 22.4 Å². The number of fused-ring (bicyclic) bond motifs is 1. The number of carbonyl (C=O) groups is 2. The van der Waals surface area contributed by atoms with Crippen LogP contribution in [-0.2, 0) is 6.42 Å². The number of aromatic nitrogens is 1. The topological polar surface area (TPSA) is 102 Å². The number of para-hydroxylation sites is 1. The smallest absolute Gasteiger partial charge is 0.343 e. The van der Waals surface area contributed by atoms with Crippen LogP contribution in [0.3, 0.4) is 0 Å². The Bertz CT molecular complexity index is 1810. The summed E-state index contributed by atoms with van der Waals surface area (Å²) < 4.78 is 16.4. The Kier molecular flexibility index (Phi) is 9.08. The molecule has 0 bridgehead atoms. The molecule has 0 atom stereocenters. The van der Waals surface area contributed by atoms with Crippen molar-refractivity contribution in [3.05, 3.63) is 112 Å². The van der Waals surface area contributed by atoms with Crippen LogP contribution in [0.1, 0.15) is 45.8 Å². The summed E-state index contributed by atoms with van der Waals surface area (Å²) >= 11 is 6.56. The minimum Gasteiger partial charge on any atom is -0.497 e. The molecule has 43 heavy (non-hydrogen) atoms. The second-order valence-electron chi connectivity index (χ2n) is 9.50. The third-order valence-corrected chi connectivity index (χ3v) is 7.18. The van der Waals surface area contributed by atoms with E-state index < -0.39 is 11.9 Å². The predicted molar refractivity (Wildman–Crippen MR) is 169 cm³/mol. The number of carbonyl (C=O) groups excluding carboxylic acids is 2. The zero-order valence-corrected chi connectivity index (χ0v) is 24.7.